The summed E-state index contributed by atoms with van der Waals surface area (Å²) in [6, 6.07) is 18.2. The lowest BCUT2D eigenvalue weighted by atomic mass is 10.0. The van der Waals surface area contributed by atoms with Gasteiger partial charge in [0, 0.05) is 0 Å². The maximum Gasteiger partial charge on any atom is 0.0848 e. The molecule has 0 bridgehead atoms. The van der Waals surface area contributed by atoms with Crippen molar-refractivity contribution in [2.45, 2.75) is 573 Å². The first-order chi connectivity index (χ1) is 55.2. The summed E-state index contributed by atoms with van der Waals surface area (Å²) in [7, 11) is 0. The largest absolute Gasteiger partial charge is 0.251 e. The Kier molecular flexibility index (Phi) is 83.8. The zero-order valence-corrected chi connectivity index (χ0v) is 76.1. The summed E-state index contributed by atoms with van der Waals surface area (Å²) in [5.74, 6) is 0. The fourth-order valence-corrected chi connectivity index (χ4v) is 17.1. The van der Waals surface area contributed by atoms with Gasteiger partial charge >= 0.3 is 0 Å². The summed E-state index contributed by atoms with van der Waals surface area (Å²) < 4.78 is 0. The molecule has 0 atom stereocenters. The molecule has 642 valence electrons. The van der Waals surface area contributed by atoms with E-state index in [0.29, 0.717) is 0 Å². The molecule has 2 nitrogen and oxygen atoms in total. The van der Waals surface area contributed by atoms with Crippen LogP contribution in [0.4, 0.5) is 11.4 Å². The highest BCUT2D eigenvalue weighted by Gasteiger charge is 2.13. The number of benzene rings is 2. The number of unbranched alkanes of at least 4 members (excludes halogenated alkanes) is 76. The molecule has 0 radical (unpaired) electrons. The van der Waals surface area contributed by atoms with E-state index < -0.39 is 0 Å². The molecule has 0 amide bonds. The van der Waals surface area contributed by atoms with Gasteiger partial charge in [-0.2, -0.15) is 0 Å². The van der Waals surface area contributed by atoms with Crippen molar-refractivity contribution < 1.29 is 0 Å². The van der Waals surface area contributed by atoms with Crippen LogP contribution >= 0.6 is 0 Å². The van der Waals surface area contributed by atoms with E-state index in [0.717, 1.165) is 74.9 Å². The van der Waals surface area contributed by atoms with Crippen molar-refractivity contribution in [1.82, 2.24) is 0 Å². The van der Waals surface area contributed by atoms with E-state index in [9.17, 15) is 0 Å². The van der Waals surface area contributed by atoms with Gasteiger partial charge < -0.3 is 0 Å². The van der Waals surface area contributed by atoms with Crippen molar-refractivity contribution in [3.05, 3.63) is 96.1 Å². The Morgan fingerprint density at radius 2 is 0.387 bits per heavy atom. The topological polar surface area (TPSA) is 24.7 Å². The monoisotopic (exact) mass is 1530 g/mol. The molecule has 2 rings (SSSR count). The molecule has 0 N–H and O–H groups in total. The first-order valence-electron chi connectivity index (χ1n) is 51.5. The minimum Gasteiger partial charge on any atom is -0.251 e. The van der Waals surface area contributed by atoms with Crippen LogP contribution in [0, 0.1) is 0 Å². The molecule has 0 aromatic heterocycles. The lowest BCUT2D eigenvalue weighted by Crippen LogP contribution is -2.12. The van der Waals surface area contributed by atoms with E-state index in [1.807, 2.05) is 0 Å². The Hall–Kier alpha value is -3.00. The Bertz CT molecular complexity index is 2290. The number of hydrogen-bond acceptors (Lipinski definition) is 2. The molecule has 0 saturated heterocycles. The molecule has 0 aliphatic heterocycles. The third kappa shape index (κ3) is 74.3. The molecule has 0 aliphatic rings. The molecular weight excluding hydrogens is 1340 g/mol. The summed E-state index contributed by atoms with van der Waals surface area (Å²) in [6.07, 6.45) is 133. The average molecular weight is 1530 g/mol. The van der Waals surface area contributed by atoms with Gasteiger partial charge in [0.25, 0.3) is 0 Å². The van der Waals surface area contributed by atoms with Gasteiger partial charge in [-0.05, 0) is 119 Å². The lowest BCUT2D eigenvalue weighted by molar-refractivity contribution is 0.516. The van der Waals surface area contributed by atoms with Gasteiger partial charge in [0.2, 0.25) is 0 Å². The smallest absolute Gasteiger partial charge is 0.0848 e. The number of hydrogen-bond donors (Lipinski definition) is 0. The zero-order chi connectivity index (χ0) is 78.9. The number of aryl methyl sites for hydroxylation is 2. The molecule has 2 heteroatoms. The van der Waals surface area contributed by atoms with E-state index in [1.165, 1.54) is 505 Å². The van der Waals surface area contributed by atoms with Crippen LogP contribution in [0.1, 0.15) is 572 Å². The van der Waals surface area contributed by atoms with Crippen molar-refractivity contribution in [2.24, 2.45) is 9.98 Å². The number of allylic oxidation sites excluding steroid dienone is 6. The van der Waals surface area contributed by atoms with Gasteiger partial charge in [0.1, 0.15) is 0 Å². The van der Waals surface area contributed by atoms with E-state index in [-0.39, 0.29) is 0 Å². The van der Waals surface area contributed by atoms with Gasteiger partial charge in [0.15, 0.2) is 0 Å². The molecule has 0 aliphatic carbocycles. The van der Waals surface area contributed by atoms with Crippen molar-refractivity contribution in [2.75, 3.05) is 0 Å². The first kappa shape index (κ1) is 104. The highest BCUT2D eigenvalue weighted by molar-refractivity contribution is 6.47. The summed E-state index contributed by atoms with van der Waals surface area (Å²) in [5.41, 5.74) is 7.31. The van der Waals surface area contributed by atoms with Gasteiger partial charge in [-0.3, -0.25) is 4.99 Å². The van der Waals surface area contributed by atoms with Crippen LogP contribution in [0.5, 0.6) is 0 Å². The summed E-state index contributed by atoms with van der Waals surface area (Å²) in [5, 5.41) is 0. The summed E-state index contributed by atoms with van der Waals surface area (Å²) in [4.78, 5) is 11.4. The van der Waals surface area contributed by atoms with Crippen LogP contribution in [0.2, 0.25) is 0 Å². The number of aliphatic imine (C=N–C) groups is 2. The Morgan fingerprint density at radius 1 is 0.198 bits per heavy atom. The predicted molar refractivity (Wildman–Crippen MR) is 508 cm³/mol. The maximum atomic E-state index is 5.73. The third-order valence-corrected chi connectivity index (χ3v) is 24.7. The summed E-state index contributed by atoms with van der Waals surface area (Å²) >= 11 is 0. The highest BCUT2D eigenvalue weighted by atomic mass is 14.8. The van der Waals surface area contributed by atoms with Gasteiger partial charge in [-0.15, -0.1) is 0 Å². The second-order valence-corrected chi connectivity index (χ2v) is 35.7. The predicted octanol–water partition coefficient (Wildman–Crippen LogP) is 39.7. The first-order valence-corrected chi connectivity index (χ1v) is 51.5. The quantitative estimate of drug-likeness (QED) is 0.0358. The standard InChI is InChI=1S/C109H196N2/c1-5-9-13-17-21-24-27-30-33-36-39-42-45-48-51-54-57-60-63-66-69-72-75-78-81-84-88-96-104-98-92-94-100-106(104)110-108(102-90-86-20-16-12-8-4)109(103-91-87-83-80-77-74-71-68-65-62-59-56-53-50-47-44-41-38-35-32-29-26-23-19-15-11-7-3)111-107-101-95-93-99-105(107)97-89-85-82-79-76-73-70-67-64-61-58-55-52-49-46-43-40-37-34-31-28-25-22-18-14-10-6-2/h78-79,81-82,91-95,98-101,103H,5-77,80,83-90,96-97,102H2,1-4H3/b81-78+,82-79+,103-91+,110-108?,111-109?. The van der Waals surface area contributed by atoms with Crippen molar-refractivity contribution >= 4 is 22.8 Å². The molecule has 0 saturated carbocycles. The number of nitrogens with zero attached hydrogens (tertiary/aromatic N) is 2. The average Bonchev–Trinajstić information content (AvgIpc) is 0.844. The van der Waals surface area contributed by atoms with Gasteiger partial charge in [-0.25, -0.2) is 4.99 Å². The number of rotatable bonds is 91. The molecule has 2 aromatic carbocycles. The van der Waals surface area contributed by atoms with Crippen LogP contribution in [0.3, 0.4) is 0 Å². The lowest BCUT2D eigenvalue weighted by Gasteiger charge is -2.12. The summed E-state index contributed by atoms with van der Waals surface area (Å²) in [6.45, 7) is 9.29. The molecule has 0 heterocycles. The third-order valence-electron chi connectivity index (χ3n) is 24.7. The van der Waals surface area contributed by atoms with Crippen molar-refractivity contribution in [1.29, 1.82) is 0 Å². The van der Waals surface area contributed by atoms with Gasteiger partial charge in [-0.1, -0.05) is 550 Å². The minimum absolute atomic E-state index is 0.970. The minimum atomic E-state index is 0.970. The fourth-order valence-electron chi connectivity index (χ4n) is 17.1. The molecule has 0 unspecified atom stereocenters. The number of para-hydroxylation sites is 2. The van der Waals surface area contributed by atoms with Crippen LogP contribution in [-0.4, -0.2) is 11.4 Å². The normalized spacial score (nSPS) is 12.3. The molecule has 111 heavy (non-hydrogen) atoms. The SMILES string of the molecule is CCCCCCCCCCCCCCCCCCCCCCCC/C=C/CCCc1ccccc1N=C(/C=C/CCCCCCCCCCCCCCCCCCCCCCCCCCC)C(CCCCCCCC)=Nc1ccccc1CCC/C=C/CCCCCCCCCCCCCCCCCCCCCCCC. The molecule has 0 spiro atoms. The van der Waals surface area contributed by atoms with E-state index in [1.54, 1.807) is 0 Å². The van der Waals surface area contributed by atoms with Crippen LogP contribution in [-0.2, 0) is 12.8 Å². The second kappa shape index (κ2) is 89.3. The molecule has 2 aromatic rings. The molecular formula is C109H196N2. The van der Waals surface area contributed by atoms with E-state index in [4.69, 9.17) is 9.98 Å². The van der Waals surface area contributed by atoms with Crippen LogP contribution < -0.4 is 0 Å². The Morgan fingerprint density at radius 3 is 0.631 bits per heavy atom. The molecule has 0 fully saturated rings. The van der Waals surface area contributed by atoms with E-state index in [2.05, 4.69) is 113 Å². The van der Waals surface area contributed by atoms with Gasteiger partial charge in [0.05, 0.1) is 22.8 Å². The maximum absolute atomic E-state index is 5.73. The van der Waals surface area contributed by atoms with E-state index >= 15 is 0 Å². The highest BCUT2D eigenvalue weighted by Crippen LogP contribution is 2.28. The fraction of sp³-hybridized carbons (Fsp3) is 0.817. The van der Waals surface area contributed by atoms with Crippen LogP contribution in [0.15, 0.2) is 95.0 Å². The van der Waals surface area contributed by atoms with Crippen molar-refractivity contribution in [3.8, 4) is 0 Å². The Balaban J connectivity index is 1.90. The van der Waals surface area contributed by atoms with Crippen LogP contribution in [0.25, 0.3) is 0 Å². The Labute approximate surface area is 698 Å². The van der Waals surface area contributed by atoms with Crippen molar-refractivity contribution in [3.63, 3.8) is 0 Å². The zero-order valence-electron chi connectivity index (χ0n) is 76.1. The second-order valence-electron chi connectivity index (χ2n) is 35.7.